The van der Waals surface area contributed by atoms with E-state index in [2.05, 4.69) is 5.32 Å². The van der Waals surface area contributed by atoms with Gasteiger partial charge in [0.2, 0.25) is 0 Å². The Morgan fingerprint density at radius 3 is 2.43 bits per heavy atom. The molecule has 0 unspecified atom stereocenters. The van der Waals surface area contributed by atoms with Crippen molar-refractivity contribution in [2.75, 3.05) is 12.8 Å². The summed E-state index contributed by atoms with van der Waals surface area (Å²) in [6, 6.07) is 4.41. The zero-order valence-electron chi connectivity index (χ0n) is 11.8. The highest BCUT2D eigenvalue weighted by molar-refractivity contribution is 7.90. The highest BCUT2D eigenvalue weighted by Gasteiger charge is 2.50. The average molecular weight is 311 g/mol. The van der Waals surface area contributed by atoms with Gasteiger partial charge in [-0.25, -0.2) is 8.42 Å². The monoisotopic (exact) mass is 311 g/mol. The van der Waals surface area contributed by atoms with E-state index in [-0.39, 0.29) is 17.0 Å². The third-order valence-electron chi connectivity index (χ3n) is 3.74. The van der Waals surface area contributed by atoms with Gasteiger partial charge in [-0.3, -0.25) is 9.59 Å². The number of carboxylic acids is 1. The zero-order chi connectivity index (χ0) is 15.8. The summed E-state index contributed by atoms with van der Waals surface area (Å²) >= 11 is 0. The molecule has 0 atom stereocenters. The summed E-state index contributed by atoms with van der Waals surface area (Å²) in [7, 11) is -3.41. The minimum atomic E-state index is -3.41. The third-order valence-corrected chi connectivity index (χ3v) is 4.98. The summed E-state index contributed by atoms with van der Waals surface area (Å²) in [4.78, 5) is 23.2. The first-order chi connectivity index (χ1) is 9.66. The molecule has 114 valence electrons. The van der Waals surface area contributed by atoms with E-state index < -0.39 is 27.1 Å². The molecule has 1 aliphatic rings. The van der Waals surface area contributed by atoms with Gasteiger partial charge >= 0.3 is 5.97 Å². The van der Waals surface area contributed by atoms with Crippen LogP contribution in [0.25, 0.3) is 0 Å². The summed E-state index contributed by atoms with van der Waals surface area (Å²) in [6.45, 7) is 1.71. The summed E-state index contributed by atoms with van der Waals surface area (Å²) < 4.78 is 23.3. The molecule has 0 spiro atoms. The van der Waals surface area contributed by atoms with Crippen LogP contribution in [0, 0.1) is 12.3 Å². The van der Waals surface area contributed by atoms with E-state index in [0.717, 1.165) is 6.26 Å². The number of nitrogens with one attached hydrogen (secondary N) is 1. The van der Waals surface area contributed by atoms with Gasteiger partial charge in [-0.15, -0.1) is 0 Å². The van der Waals surface area contributed by atoms with E-state index in [1.807, 2.05) is 0 Å². The van der Waals surface area contributed by atoms with Crippen molar-refractivity contribution in [2.24, 2.45) is 5.41 Å². The van der Waals surface area contributed by atoms with Crippen LogP contribution in [-0.4, -0.2) is 38.2 Å². The second-order valence-electron chi connectivity index (χ2n) is 5.52. The number of hydrogen-bond acceptors (Lipinski definition) is 4. The first-order valence-electron chi connectivity index (χ1n) is 6.48. The molecule has 0 aromatic heterocycles. The molecule has 0 heterocycles. The standard InChI is InChI=1S/C14H17NO5S/c1-9-3-4-10(7-11(9)21(2,19)20)12(16)15-8-14(5-6-14)13(17)18/h3-4,7H,5-6,8H2,1-2H3,(H,15,16)(H,17,18). The fraction of sp³-hybridized carbons (Fsp3) is 0.429. The Morgan fingerprint density at radius 2 is 1.95 bits per heavy atom. The predicted octanol–water partition coefficient (Wildman–Crippen LogP) is 0.993. The molecule has 1 aromatic rings. The first-order valence-corrected chi connectivity index (χ1v) is 8.37. The molecule has 7 heteroatoms. The fourth-order valence-corrected chi connectivity index (χ4v) is 3.10. The zero-order valence-corrected chi connectivity index (χ0v) is 12.7. The van der Waals surface area contributed by atoms with Crippen LogP contribution < -0.4 is 5.32 Å². The number of rotatable bonds is 5. The maximum atomic E-state index is 12.0. The highest BCUT2D eigenvalue weighted by atomic mass is 32.2. The summed E-state index contributed by atoms with van der Waals surface area (Å²) in [5, 5.41) is 11.6. The van der Waals surface area contributed by atoms with Gasteiger partial charge < -0.3 is 10.4 Å². The van der Waals surface area contributed by atoms with E-state index in [1.165, 1.54) is 12.1 Å². The van der Waals surface area contributed by atoms with Gasteiger partial charge in [0.15, 0.2) is 9.84 Å². The Kier molecular flexibility index (Phi) is 3.79. The smallest absolute Gasteiger partial charge is 0.311 e. The minimum Gasteiger partial charge on any atom is -0.481 e. The van der Waals surface area contributed by atoms with E-state index in [1.54, 1.807) is 13.0 Å². The SMILES string of the molecule is Cc1ccc(C(=O)NCC2(C(=O)O)CC2)cc1S(C)(=O)=O. The van der Waals surface area contributed by atoms with Gasteiger partial charge in [0.1, 0.15) is 0 Å². The molecular formula is C14H17NO5S. The van der Waals surface area contributed by atoms with Crippen LogP contribution in [-0.2, 0) is 14.6 Å². The number of aryl methyl sites for hydroxylation is 1. The Morgan fingerprint density at radius 1 is 1.33 bits per heavy atom. The molecule has 21 heavy (non-hydrogen) atoms. The van der Waals surface area contributed by atoms with Crippen LogP contribution in [0.15, 0.2) is 23.1 Å². The molecule has 0 radical (unpaired) electrons. The lowest BCUT2D eigenvalue weighted by atomic mass is 10.1. The van der Waals surface area contributed by atoms with E-state index in [4.69, 9.17) is 5.11 Å². The summed E-state index contributed by atoms with van der Waals surface area (Å²) in [6.07, 6.45) is 2.18. The van der Waals surface area contributed by atoms with Gasteiger partial charge in [0.25, 0.3) is 5.91 Å². The fourth-order valence-electron chi connectivity index (χ4n) is 2.11. The molecule has 1 fully saturated rings. The maximum Gasteiger partial charge on any atom is 0.311 e. The van der Waals surface area contributed by atoms with Crippen LogP contribution in [0.1, 0.15) is 28.8 Å². The molecule has 0 saturated heterocycles. The van der Waals surface area contributed by atoms with Crippen molar-refractivity contribution < 1.29 is 23.1 Å². The van der Waals surface area contributed by atoms with Gasteiger partial charge in [-0.05, 0) is 37.5 Å². The Hall–Kier alpha value is -1.89. The minimum absolute atomic E-state index is 0.0588. The maximum absolute atomic E-state index is 12.0. The van der Waals surface area contributed by atoms with Gasteiger partial charge in [-0.1, -0.05) is 6.07 Å². The van der Waals surface area contributed by atoms with Crippen LogP contribution in [0.5, 0.6) is 0 Å². The highest BCUT2D eigenvalue weighted by Crippen LogP contribution is 2.45. The van der Waals surface area contributed by atoms with Crippen LogP contribution >= 0.6 is 0 Å². The van der Waals surface area contributed by atoms with Gasteiger partial charge in [0, 0.05) is 18.4 Å². The van der Waals surface area contributed by atoms with Crippen molar-refractivity contribution in [3.05, 3.63) is 29.3 Å². The molecule has 1 saturated carbocycles. The normalized spacial score (nSPS) is 16.3. The van der Waals surface area contributed by atoms with Crippen molar-refractivity contribution in [2.45, 2.75) is 24.7 Å². The number of hydrogen-bond donors (Lipinski definition) is 2. The van der Waals surface area contributed by atoms with E-state index >= 15 is 0 Å². The molecule has 2 N–H and O–H groups in total. The summed E-state index contributed by atoms with van der Waals surface area (Å²) in [5.41, 5.74) is -0.0690. The van der Waals surface area contributed by atoms with Crippen molar-refractivity contribution in [1.82, 2.24) is 5.32 Å². The van der Waals surface area contributed by atoms with Crippen LogP contribution in [0.3, 0.4) is 0 Å². The largest absolute Gasteiger partial charge is 0.481 e. The molecular weight excluding hydrogens is 294 g/mol. The number of aliphatic carboxylic acids is 1. The third kappa shape index (κ3) is 3.24. The number of benzene rings is 1. The Labute approximate surface area is 123 Å². The number of sulfone groups is 1. The Balaban J connectivity index is 2.15. The lowest BCUT2D eigenvalue weighted by molar-refractivity contribution is -0.143. The van der Waals surface area contributed by atoms with Crippen LogP contribution in [0.4, 0.5) is 0 Å². The van der Waals surface area contributed by atoms with Crippen molar-refractivity contribution in [3.8, 4) is 0 Å². The van der Waals surface area contributed by atoms with Crippen molar-refractivity contribution in [3.63, 3.8) is 0 Å². The quantitative estimate of drug-likeness (QED) is 0.844. The van der Waals surface area contributed by atoms with Gasteiger partial charge in [-0.2, -0.15) is 0 Å². The number of carbonyl (C=O) groups is 2. The molecule has 1 aliphatic carbocycles. The molecule has 6 nitrogen and oxygen atoms in total. The summed E-state index contributed by atoms with van der Waals surface area (Å²) in [5.74, 6) is -1.38. The lowest BCUT2D eigenvalue weighted by Gasteiger charge is -2.12. The number of carboxylic acid groups (broad SMARTS) is 1. The molecule has 1 aromatic carbocycles. The molecule has 0 bridgehead atoms. The first kappa shape index (κ1) is 15.5. The predicted molar refractivity (Wildman–Crippen MR) is 75.9 cm³/mol. The van der Waals surface area contributed by atoms with E-state index in [0.29, 0.717) is 18.4 Å². The second-order valence-corrected chi connectivity index (χ2v) is 7.50. The van der Waals surface area contributed by atoms with Gasteiger partial charge in [0.05, 0.1) is 10.3 Å². The topological polar surface area (TPSA) is 101 Å². The molecule has 1 amide bonds. The Bertz CT molecular complexity index is 704. The number of carbonyl (C=O) groups excluding carboxylic acids is 1. The van der Waals surface area contributed by atoms with Crippen molar-refractivity contribution >= 4 is 21.7 Å². The lowest BCUT2D eigenvalue weighted by Crippen LogP contribution is -2.34. The molecule has 2 rings (SSSR count). The number of amides is 1. The van der Waals surface area contributed by atoms with E-state index in [9.17, 15) is 18.0 Å². The van der Waals surface area contributed by atoms with Crippen LogP contribution in [0.2, 0.25) is 0 Å². The average Bonchev–Trinajstić information content (AvgIpc) is 3.16. The van der Waals surface area contributed by atoms with Crippen molar-refractivity contribution in [1.29, 1.82) is 0 Å². The molecule has 0 aliphatic heterocycles. The second kappa shape index (κ2) is 5.14.